The molecule has 0 spiro atoms. The van der Waals surface area contributed by atoms with Gasteiger partial charge < -0.3 is 0 Å². The smallest absolute Gasteiger partial charge is 0.158 e. The van der Waals surface area contributed by atoms with Gasteiger partial charge in [0.2, 0.25) is 0 Å². The third-order valence-electron chi connectivity index (χ3n) is 2.73. The summed E-state index contributed by atoms with van der Waals surface area (Å²) in [6.07, 6.45) is 2.45. The maximum absolute atomic E-state index is 11.6. The molecule has 66 valence electrons. The van der Waals surface area contributed by atoms with Crippen LogP contribution in [0.2, 0.25) is 0 Å². The molecule has 1 unspecified atom stereocenters. The lowest BCUT2D eigenvalue weighted by atomic mass is 10.1. The van der Waals surface area contributed by atoms with Gasteiger partial charge in [0.1, 0.15) is 0 Å². The van der Waals surface area contributed by atoms with Crippen molar-refractivity contribution in [1.29, 1.82) is 0 Å². The molecule has 1 rings (SSSR count). The zero-order valence-corrected chi connectivity index (χ0v) is 8.24. The fraction of sp³-hybridized carbons (Fsp3) is 1.00. The highest BCUT2D eigenvalue weighted by Crippen LogP contribution is 2.37. The van der Waals surface area contributed by atoms with Crippen molar-refractivity contribution >= 4 is 9.84 Å². The molecule has 0 bridgehead atoms. The Hall–Kier alpha value is -0.0500. The van der Waals surface area contributed by atoms with E-state index in [2.05, 4.69) is 0 Å². The fourth-order valence-corrected chi connectivity index (χ4v) is 3.85. The molecule has 0 aromatic rings. The predicted octanol–water partition coefficient (Wildman–Crippen LogP) is 1.75. The molecule has 0 amide bonds. The van der Waals surface area contributed by atoms with Gasteiger partial charge in [-0.25, -0.2) is 8.42 Å². The van der Waals surface area contributed by atoms with E-state index >= 15 is 0 Å². The molecular formula is C8H16O2S. The summed E-state index contributed by atoms with van der Waals surface area (Å²) < 4.78 is 22.8. The van der Waals surface area contributed by atoms with Gasteiger partial charge >= 0.3 is 0 Å². The molecule has 0 radical (unpaired) electrons. The molecule has 0 N–H and O–H groups in total. The molecule has 0 aromatic carbocycles. The number of sulfone groups is 1. The van der Waals surface area contributed by atoms with Gasteiger partial charge in [-0.1, -0.05) is 6.92 Å². The van der Waals surface area contributed by atoms with Crippen LogP contribution < -0.4 is 0 Å². The molecule has 1 atom stereocenters. The first-order valence-corrected chi connectivity index (χ1v) is 5.70. The second-order valence-electron chi connectivity index (χ2n) is 3.87. The summed E-state index contributed by atoms with van der Waals surface area (Å²) in [5.41, 5.74) is 0. The summed E-state index contributed by atoms with van der Waals surface area (Å²) in [6, 6.07) is 0. The Morgan fingerprint density at radius 3 is 2.18 bits per heavy atom. The SMILES string of the molecule is CCC1CCC(C)(C)S1(=O)=O. The molecule has 2 nitrogen and oxygen atoms in total. The van der Waals surface area contributed by atoms with Crippen molar-refractivity contribution in [1.82, 2.24) is 0 Å². The maximum Gasteiger partial charge on any atom is 0.158 e. The molecule has 11 heavy (non-hydrogen) atoms. The standard InChI is InChI=1S/C8H16O2S/c1-4-7-5-6-8(2,3)11(7,9)10/h7H,4-6H2,1-3H3. The Morgan fingerprint density at radius 1 is 1.45 bits per heavy atom. The predicted molar refractivity (Wildman–Crippen MR) is 46.3 cm³/mol. The van der Waals surface area contributed by atoms with Gasteiger partial charge in [-0.15, -0.1) is 0 Å². The first-order chi connectivity index (χ1) is 4.92. The highest BCUT2D eigenvalue weighted by molar-refractivity contribution is 7.93. The molecule has 1 heterocycles. The van der Waals surface area contributed by atoms with Gasteiger partial charge in [0.25, 0.3) is 0 Å². The Labute approximate surface area is 68.9 Å². The minimum atomic E-state index is -2.82. The molecule has 3 heteroatoms. The van der Waals surface area contributed by atoms with E-state index in [9.17, 15) is 8.42 Å². The van der Waals surface area contributed by atoms with Crippen molar-refractivity contribution in [3.8, 4) is 0 Å². The molecule has 1 fully saturated rings. The zero-order valence-electron chi connectivity index (χ0n) is 7.42. The molecule has 0 aromatic heterocycles. The summed E-state index contributed by atoms with van der Waals surface area (Å²) in [6.45, 7) is 5.61. The van der Waals surface area contributed by atoms with Crippen LogP contribution in [0.4, 0.5) is 0 Å². The van der Waals surface area contributed by atoms with E-state index < -0.39 is 14.6 Å². The van der Waals surface area contributed by atoms with Crippen molar-refractivity contribution < 1.29 is 8.42 Å². The molecule has 1 aliphatic rings. The largest absolute Gasteiger partial charge is 0.228 e. The van der Waals surface area contributed by atoms with Crippen LogP contribution in [0.25, 0.3) is 0 Å². The van der Waals surface area contributed by atoms with Crippen LogP contribution in [0.15, 0.2) is 0 Å². The number of hydrogen-bond donors (Lipinski definition) is 0. The number of rotatable bonds is 1. The average Bonchev–Trinajstić information content (AvgIpc) is 2.05. The van der Waals surface area contributed by atoms with E-state index in [0.717, 1.165) is 19.3 Å². The van der Waals surface area contributed by atoms with Crippen LogP contribution >= 0.6 is 0 Å². The fourth-order valence-electron chi connectivity index (χ4n) is 1.68. The molecular weight excluding hydrogens is 160 g/mol. The summed E-state index contributed by atoms with van der Waals surface area (Å²) in [5, 5.41) is -0.0718. The zero-order chi connectivity index (χ0) is 8.70. The molecule has 0 saturated carbocycles. The Kier molecular flexibility index (Phi) is 2.03. The van der Waals surface area contributed by atoms with Gasteiger partial charge in [-0.05, 0) is 33.1 Å². The van der Waals surface area contributed by atoms with Gasteiger partial charge in [0, 0.05) is 0 Å². The Balaban J connectivity index is 3.01. The third-order valence-corrected chi connectivity index (χ3v) is 5.92. The van der Waals surface area contributed by atoms with E-state index in [-0.39, 0.29) is 5.25 Å². The lowest BCUT2D eigenvalue weighted by Gasteiger charge is -2.17. The van der Waals surface area contributed by atoms with E-state index in [1.807, 2.05) is 20.8 Å². The Morgan fingerprint density at radius 2 is 2.00 bits per heavy atom. The lowest BCUT2D eigenvalue weighted by molar-refractivity contribution is 0.556. The normalized spacial score (nSPS) is 33.9. The minimum absolute atomic E-state index is 0.0718. The lowest BCUT2D eigenvalue weighted by Crippen LogP contribution is -2.30. The van der Waals surface area contributed by atoms with Crippen molar-refractivity contribution in [2.24, 2.45) is 0 Å². The van der Waals surface area contributed by atoms with E-state index in [1.54, 1.807) is 0 Å². The second kappa shape index (κ2) is 2.47. The van der Waals surface area contributed by atoms with Gasteiger partial charge in [-0.2, -0.15) is 0 Å². The van der Waals surface area contributed by atoms with E-state index in [1.165, 1.54) is 0 Å². The molecule has 1 saturated heterocycles. The van der Waals surface area contributed by atoms with E-state index in [4.69, 9.17) is 0 Å². The minimum Gasteiger partial charge on any atom is -0.228 e. The van der Waals surface area contributed by atoms with Crippen LogP contribution in [-0.4, -0.2) is 18.4 Å². The third kappa shape index (κ3) is 1.19. The van der Waals surface area contributed by atoms with Gasteiger partial charge in [0.05, 0.1) is 10.00 Å². The topological polar surface area (TPSA) is 34.1 Å². The van der Waals surface area contributed by atoms with Crippen LogP contribution in [0.3, 0.4) is 0 Å². The van der Waals surface area contributed by atoms with Crippen LogP contribution in [0, 0.1) is 0 Å². The van der Waals surface area contributed by atoms with Crippen molar-refractivity contribution in [2.45, 2.75) is 50.0 Å². The average molecular weight is 176 g/mol. The van der Waals surface area contributed by atoms with E-state index in [0.29, 0.717) is 0 Å². The highest BCUT2D eigenvalue weighted by Gasteiger charge is 2.45. The Bertz CT molecular complexity index is 239. The summed E-state index contributed by atoms with van der Waals surface area (Å²) in [5.74, 6) is 0. The first kappa shape index (κ1) is 9.04. The van der Waals surface area contributed by atoms with Crippen molar-refractivity contribution in [2.75, 3.05) is 0 Å². The van der Waals surface area contributed by atoms with Crippen molar-refractivity contribution in [3.63, 3.8) is 0 Å². The summed E-state index contributed by atoms with van der Waals surface area (Å²) >= 11 is 0. The first-order valence-electron chi connectivity index (χ1n) is 4.15. The molecule has 1 aliphatic heterocycles. The van der Waals surface area contributed by atoms with Crippen LogP contribution in [-0.2, 0) is 9.84 Å². The summed E-state index contributed by atoms with van der Waals surface area (Å²) in [4.78, 5) is 0. The quantitative estimate of drug-likeness (QED) is 0.610. The van der Waals surface area contributed by atoms with Crippen LogP contribution in [0.1, 0.15) is 40.0 Å². The monoisotopic (exact) mass is 176 g/mol. The van der Waals surface area contributed by atoms with Gasteiger partial charge in [-0.3, -0.25) is 0 Å². The highest BCUT2D eigenvalue weighted by atomic mass is 32.2. The number of hydrogen-bond acceptors (Lipinski definition) is 2. The van der Waals surface area contributed by atoms with Crippen molar-refractivity contribution in [3.05, 3.63) is 0 Å². The molecule has 0 aliphatic carbocycles. The maximum atomic E-state index is 11.6. The van der Waals surface area contributed by atoms with Gasteiger partial charge in [0.15, 0.2) is 9.84 Å². The second-order valence-corrected chi connectivity index (χ2v) is 6.74. The van der Waals surface area contributed by atoms with Crippen LogP contribution in [0.5, 0.6) is 0 Å². The summed E-state index contributed by atoms with van der Waals surface area (Å²) in [7, 11) is -2.82.